The first kappa shape index (κ1) is 15.1. The van der Waals surface area contributed by atoms with Crippen LogP contribution in [0.2, 0.25) is 0 Å². The van der Waals surface area contributed by atoms with E-state index in [1.165, 1.54) is 0 Å². The first-order valence-electron chi connectivity index (χ1n) is 6.93. The highest BCUT2D eigenvalue weighted by Gasteiger charge is 2.42. The van der Waals surface area contributed by atoms with Gasteiger partial charge in [0.2, 0.25) is 0 Å². The van der Waals surface area contributed by atoms with Crippen molar-refractivity contribution < 1.29 is 19.4 Å². The van der Waals surface area contributed by atoms with Gasteiger partial charge in [0.05, 0.1) is 4.47 Å². The molecule has 0 spiro atoms. The van der Waals surface area contributed by atoms with Gasteiger partial charge in [-0.25, -0.2) is 4.79 Å². The van der Waals surface area contributed by atoms with Crippen LogP contribution >= 0.6 is 15.9 Å². The van der Waals surface area contributed by atoms with Gasteiger partial charge in [0.25, 0.3) is 5.91 Å². The normalized spacial score (nSPS) is 17.3. The van der Waals surface area contributed by atoms with Gasteiger partial charge in [-0.2, -0.15) is 0 Å². The number of H-pyrrole nitrogens is 1. The van der Waals surface area contributed by atoms with E-state index in [0.29, 0.717) is 23.4 Å². The number of benzene rings is 1. The molecule has 1 aliphatic heterocycles. The molecule has 1 aromatic carbocycles. The number of carboxylic acids is 1. The van der Waals surface area contributed by atoms with Gasteiger partial charge >= 0.3 is 5.97 Å². The molecule has 3 N–H and O–H groups in total. The Kier molecular flexibility index (Phi) is 3.92. The van der Waals surface area contributed by atoms with Crippen LogP contribution in [0.25, 0.3) is 10.9 Å². The van der Waals surface area contributed by atoms with Gasteiger partial charge < -0.3 is 20.1 Å². The fourth-order valence-corrected chi connectivity index (χ4v) is 3.28. The Labute approximate surface area is 135 Å². The number of rotatable bonds is 3. The zero-order valence-electron chi connectivity index (χ0n) is 11.7. The molecule has 0 aliphatic carbocycles. The molecule has 0 saturated carbocycles. The number of halogens is 1. The Hall–Kier alpha value is -1.86. The van der Waals surface area contributed by atoms with Crippen molar-refractivity contribution in [1.82, 2.24) is 10.3 Å². The van der Waals surface area contributed by atoms with E-state index in [9.17, 15) is 14.7 Å². The second-order valence-electron chi connectivity index (χ2n) is 5.31. The quantitative estimate of drug-likeness (QED) is 0.776. The molecule has 2 aromatic rings. The maximum Gasteiger partial charge on any atom is 0.329 e. The Morgan fingerprint density at radius 2 is 1.95 bits per heavy atom. The van der Waals surface area contributed by atoms with Gasteiger partial charge in [-0.15, -0.1) is 0 Å². The predicted octanol–water partition coefficient (Wildman–Crippen LogP) is 2.29. The van der Waals surface area contributed by atoms with E-state index in [1.807, 2.05) is 24.3 Å². The molecule has 1 saturated heterocycles. The minimum absolute atomic E-state index is 0.256. The minimum atomic E-state index is -1.27. The number of amides is 1. The molecule has 1 fully saturated rings. The van der Waals surface area contributed by atoms with Gasteiger partial charge in [0.1, 0.15) is 11.2 Å². The summed E-state index contributed by atoms with van der Waals surface area (Å²) < 4.78 is 5.83. The summed E-state index contributed by atoms with van der Waals surface area (Å²) in [6.07, 6.45) is 0.512. The van der Waals surface area contributed by atoms with E-state index in [2.05, 4.69) is 26.2 Å². The number of fused-ring (bicyclic) bond motifs is 1. The first-order chi connectivity index (χ1) is 10.5. The van der Waals surface area contributed by atoms with Crippen LogP contribution in [0.4, 0.5) is 0 Å². The summed E-state index contributed by atoms with van der Waals surface area (Å²) in [6, 6.07) is 7.48. The monoisotopic (exact) mass is 366 g/mol. The van der Waals surface area contributed by atoms with Crippen molar-refractivity contribution in [2.75, 3.05) is 13.2 Å². The van der Waals surface area contributed by atoms with Crippen molar-refractivity contribution in [2.45, 2.75) is 18.4 Å². The van der Waals surface area contributed by atoms with Crippen molar-refractivity contribution in [2.24, 2.45) is 0 Å². The highest BCUT2D eigenvalue weighted by atomic mass is 79.9. The Morgan fingerprint density at radius 3 is 2.59 bits per heavy atom. The molecule has 6 nitrogen and oxygen atoms in total. The van der Waals surface area contributed by atoms with Crippen LogP contribution in [-0.2, 0) is 9.53 Å². The number of hydrogen-bond donors (Lipinski definition) is 3. The number of ether oxygens (including phenoxy) is 1. The average molecular weight is 367 g/mol. The van der Waals surface area contributed by atoms with E-state index in [4.69, 9.17) is 4.74 Å². The summed E-state index contributed by atoms with van der Waals surface area (Å²) in [5.74, 6) is -1.47. The first-order valence-corrected chi connectivity index (χ1v) is 7.73. The summed E-state index contributed by atoms with van der Waals surface area (Å²) in [5, 5.41) is 13.1. The third-order valence-electron chi connectivity index (χ3n) is 3.98. The maximum atomic E-state index is 12.5. The fraction of sp³-hybridized carbons (Fsp3) is 0.333. The molecule has 2 heterocycles. The van der Waals surface area contributed by atoms with Crippen LogP contribution in [0.1, 0.15) is 23.3 Å². The predicted molar refractivity (Wildman–Crippen MR) is 83.9 cm³/mol. The van der Waals surface area contributed by atoms with Crippen molar-refractivity contribution in [3.8, 4) is 0 Å². The number of nitrogens with one attached hydrogen (secondary N) is 2. The average Bonchev–Trinajstić information content (AvgIpc) is 2.86. The highest BCUT2D eigenvalue weighted by Crippen LogP contribution is 2.29. The van der Waals surface area contributed by atoms with Crippen molar-refractivity contribution >= 4 is 38.7 Å². The molecule has 0 bridgehead atoms. The van der Waals surface area contributed by atoms with Gasteiger partial charge in [0.15, 0.2) is 0 Å². The highest BCUT2D eigenvalue weighted by molar-refractivity contribution is 9.10. The van der Waals surface area contributed by atoms with Crippen LogP contribution in [0, 0.1) is 0 Å². The number of hydrogen-bond acceptors (Lipinski definition) is 3. The number of carbonyl (C=O) groups is 2. The van der Waals surface area contributed by atoms with E-state index in [-0.39, 0.29) is 12.8 Å². The van der Waals surface area contributed by atoms with Gasteiger partial charge in [-0.3, -0.25) is 4.79 Å². The lowest BCUT2D eigenvalue weighted by Gasteiger charge is -2.33. The fourth-order valence-electron chi connectivity index (χ4n) is 2.66. The van der Waals surface area contributed by atoms with E-state index in [1.54, 1.807) is 0 Å². The molecule has 0 radical (unpaired) electrons. The van der Waals surface area contributed by atoms with Crippen LogP contribution in [0.5, 0.6) is 0 Å². The summed E-state index contributed by atoms with van der Waals surface area (Å²) >= 11 is 3.41. The van der Waals surface area contributed by atoms with E-state index >= 15 is 0 Å². The Balaban J connectivity index is 1.92. The molecule has 1 aliphatic rings. The van der Waals surface area contributed by atoms with Crippen molar-refractivity contribution in [3.63, 3.8) is 0 Å². The number of aromatic amines is 1. The number of aliphatic carboxylic acids is 1. The molecule has 0 atom stereocenters. The van der Waals surface area contributed by atoms with Crippen LogP contribution in [0.3, 0.4) is 0 Å². The minimum Gasteiger partial charge on any atom is -0.480 e. The van der Waals surface area contributed by atoms with Crippen LogP contribution in [-0.4, -0.2) is 40.7 Å². The van der Waals surface area contributed by atoms with E-state index < -0.39 is 17.4 Å². The number of carbonyl (C=O) groups excluding carboxylic acids is 1. The van der Waals surface area contributed by atoms with Crippen LogP contribution in [0.15, 0.2) is 28.7 Å². The number of aromatic nitrogens is 1. The zero-order chi connectivity index (χ0) is 15.7. The topological polar surface area (TPSA) is 91.4 Å². The van der Waals surface area contributed by atoms with Crippen molar-refractivity contribution in [3.05, 3.63) is 34.4 Å². The smallest absolute Gasteiger partial charge is 0.329 e. The second-order valence-corrected chi connectivity index (χ2v) is 6.11. The second kappa shape index (κ2) is 5.73. The summed E-state index contributed by atoms with van der Waals surface area (Å²) in [5.41, 5.74) is -0.129. The lowest BCUT2D eigenvalue weighted by atomic mass is 9.90. The lowest BCUT2D eigenvalue weighted by molar-refractivity contribution is -0.148. The molecule has 1 amide bonds. The summed E-state index contributed by atoms with van der Waals surface area (Å²) in [6.45, 7) is 0.640. The van der Waals surface area contributed by atoms with Gasteiger partial charge in [-0.1, -0.05) is 18.2 Å². The molecule has 1 aromatic heterocycles. The van der Waals surface area contributed by atoms with Crippen LogP contribution < -0.4 is 5.32 Å². The van der Waals surface area contributed by atoms with E-state index in [0.717, 1.165) is 10.9 Å². The molecular formula is C15H15BrN2O4. The summed E-state index contributed by atoms with van der Waals surface area (Å²) in [4.78, 5) is 27.2. The third-order valence-corrected chi connectivity index (χ3v) is 4.80. The lowest BCUT2D eigenvalue weighted by Crippen LogP contribution is -2.57. The molecular weight excluding hydrogens is 352 g/mol. The zero-order valence-corrected chi connectivity index (χ0v) is 13.3. The van der Waals surface area contributed by atoms with Gasteiger partial charge in [-0.05, 0) is 22.0 Å². The summed E-state index contributed by atoms with van der Waals surface area (Å²) in [7, 11) is 0. The molecule has 7 heteroatoms. The van der Waals surface area contributed by atoms with Crippen molar-refractivity contribution in [1.29, 1.82) is 0 Å². The Bertz CT molecular complexity index is 734. The molecule has 116 valence electrons. The molecule has 0 unspecified atom stereocenters. The molecule has 22 heavy (non-hydrogen) atoms. The maximum absolute atomic E-state index is 12.5. The standard InChI is InChI=1S/C15H15BrN2O4/c16-11-9-3-1-2-4-10(9)17-12(11)13(19)18-15(14(20)21)5-7-22-8-6-15/h1-4,17H,5-8H2,(H,18,19)(H,20,21). The number of carboxylic acid groups (broad SMARTS) is 1. The molecule has 3 rings (SSSR count). The number of para-hydroxylation sites is 1. The van der Waals surface area contributed by atoms with Gasteiger partial charge in [0, 0.05) is 37.0 Å². The Morgan fingerprint density at radius 1 is 1.27 bits per heavy atom. The third kappa shape index (κ3) is 2.50. The largest absolute Gasteiger partial charge is 0.480 e. The SMILES string of the molecule is O=C(NC1(C(=O)O)CCOCC1)c1[nH]c2ccccc2c1Br.